The van der Waals surface area contributed by atoms with E-state index < -0.39 is 0 Å². The number of carbonyl (C=O) groups is 2. The monoisotopic (exact) mass is 269 g/mol. The summed E-state index contributed by atoms with van der Waals surface area (Å²) in [6, 6.07) is 0. The quantitative estimate of drug-likeness (QED) is 0.777. The minimum atomic E-state index is -0.00647. The summed E-state index contributed by atoms with van der Waals surface area (Å²) in [4.78, 5) is 27.6. The molecule has 2 amide bonds. The summed E-state index contributed by atoms with van der Waals surface area (Å²) in [6.45, 7) is 7.64. The number of nitrogens with zero attached hydrogens (tertiary/aromatic N) is 2. The standard InChI is InChI=1S/C14H27N3O2/c1-3-15-13(18)11-16(4-2)12-14(19)17-9-7-5-6-8-10-17/h3-12H2,1-2H3,(H,15,18). The second-order valence-electron chi connectivity index (χ2n) is 5.05. The topological polar surface area (TPSA) is 52.7 Å². The Labute approximate surface area is 116 Å². The zero-order valence-electron chi connectivity index (χ0n) is 12.3. The maximum Gasteiger partial charge on any atom is 0.236 e. The molecule has 0 saturated carbocycles. The van der Waals surface area contributed by atoms with Gasteiger partial charge in [-0.3, -0.25) is 14.5 Å². The lowest BCUT2D eigenvalue weighted by atomic mass is 10.2. The van der Waals surface area contributed by atoms with E-state index in [0.717, 1.165) is 32.5 Å². The highest BCUT2D eigenvalue weighted by Crippen LogP contribution is 2.10. The predicted octanol–water partition coefficient (Wildman–Crippen LogP) is 0.847. The zero-order chi connectivity index (χ0) is 14.1. The molecular weight excluding hydrogens is 242 g/mol. The molecule has 5 nitrogen and oxygen atoms in total. The summed E-state index contributed by atoms with van der Waals surface area (Å²) in [6.07, 6.45) is 4.66. The van der Waals surface area contributed by atoms with Gasteiger partial charge in [-0.1, -0.05) is 19.8 Å². The molecule has 1 aliphatic rings. The fourth-order valence-electron chi connectivity index (χ4n) is 2.35. The molecule has 1 aliphatic heterocycles. The minimum Gasteiger partial charge on any atom is -0.355 e. The molecule has 110 valence electrons. The third-order valence-corrected chi connectivity index (χ3v) is 3.51. The molecule has 1 saturated heterocycles. The second kappa shape index (κ2) is 8.91. The first-order valence-electron chi connectivity index (χ1n) is 7.44. The van der Waals surface area contributed by atoms with Gasteiger partial charge < -0.3 is 10.2 Å². The van der Waals surface area contributed by atoms with Crippen LogP contribution in [0.15, 0.2) is 0 Å². The van der Waals surface area contributed by atoms with Crippen molar-refractivity contribution in [1.29, 1.82) is 0 Å². The van der Waals surface area contributed by atoms with E-state index in [9.17, 15) is 9.59 Å². The molecular formula is C14H27N3O2. The van der Waals surface area contributed by atoms with Crippen LogP contribution in [0.1, 0.15) is 39.5 Å². The SMILES string of the molecule is CCNC(=O)CN(CC)CC(=O)N1CCCCCC1. The van der Waals surface area contributed by atoms with Crippen LogP contribution in [0.2, 0.25) is 0 Å². The summed E-state index contributed by atoms with van der Waals surface area (Å²) in [5.74, 6) is 0.154. The van der Waals surface area contributed by atoms with Crippen molar-refractivity contribution in [2.45, 2.75) is 39.5 Å². The van der Waals surface area contributed by atoms with E-state index in [4.69, 9.17) is 0 Å². The van der Waals surface area contributed by atoms with Crippen molar-refractivity contribution in [3.63, 3.8) is 0 Å². The molecule has 5 heteroatoms. The van der Waals surface area contributed by atoms with Gasteiger partial charge in [0.25, 0.3) is 0 Å². The molecule has 1 heterocycles. The van der Waals surface area contributed by atoms with Gasteiger partial charge in [-0.2, -0.15) is 0 Å². The van der Waals surface area contributed by atoms with Crippen molar-refractivity contribution in [3.8, 4) is 0 Å². The Kier molecular flexibility index (Phi) is 7.48. The van der Waals surface area contributed by atoms with Crippen LogP contribution in [0.4, 0.5) is 0 Å². The molecule has 0 aromatic heterocycles. The van der Waals surface area contributed by atoms with E-state index in [1.807, 2.05) is 23.6 Å². The molecule has 0 spiro atoms. The van der Waals surface area contributed by atoms with E-state index in [1.54, 1.807) is 0 Å². The summed E-state index contributed by atoms with van der Waals surface area (Å²) in [5.41, 5.74) is 0. The number of amides is 2. The highest BCUT2D eigenvalue weighted by molar-refractivity contribution is 5.81. The fourth-order valence-corrected chi connectivity index (χ4v) is 2.35. The molecule has 0 radical (unpaired) electrons. The van der Waals surface area contributed by atoms with Gasteiger partial charge in [0.2, 0.25) is 11.8 Å². The Bertz CT molecular complexity index is 286. The average molecular weight is 269 g/mol. The lowest BCUT2D eigenvalue weighted by Crippen LogP contribution is -2.44. The van der Waals surface area contributed by atoms with Crippen molar-refractivity contribution in [2.24, 2.45) is 0 Å². The van der Waals surface area contributed by atoms with Gasteiger partial charge in [-0.25, -0.2) is 0 Å². The van der Waals surface area contributed by atoms with Crippen LogP contribution in [-0.2, 0) is 9.59 Å². The van der Waals surface area contributed by atoms with Crippen molar-refractivity contribution in [3.05, 3.63) is 0 Å². The van der Waals surface area contributed by atoms with Crippen molar-refractivity contribution >= 4 is 11.8 Å². The molecule has 0 aliphatic carbocycles. The Morgan fingerprint density at radius 3 is 2.21 bits per heavy atom. The van der Waals surface area contributed by atoms with Crippen molar-refractivity contribution in [2.75, 3.05) is 39.3 Å². The average Bonchev–Trinajstić information content (AvgIpc) is 2.67. The largest absolute Gasteiger partial charge is 0.355 e. The molecule has 0 unspecified atom stereocenters. The van der Waals surface area contributed by atoms with Gasteiger partial charge in [0, 0.05) is 19.6 Å². The summed E-state index contributed by atoms with van der Waals surface area (Å²) in [5, 5.41) is 2.77. The number of carbonyl (C=O) groups excluding carboxylic acids is 2. The van der Waals surface area contributed by atoms with E-state index in [2.05, 4.69) is 5.32 Å². The maximum atomic E-state index is 12.2. The van der Waals surface area contributed by atoms with Gasteiger partial charge in [0.15, 0.2) is 0 Å². The maximum absolute atomic E-state index is 12.2. The Balaban J connectivity index is 2.40. The fraction of sp³-hybridized carbons (Fsp3) is 0.857. The van der Waals surface area contributed by atoms with Crippen LogP contribution in [0, 0.1) is 0 Å². The first-order valence-corrected chi connectivity index (χ1v) is 7.44. The number of hydrogen-bond donors (Lipinski definition) is 1. The van der Waals surface area contributed by atoms with Crippen LogP contribution < -0.4 is 5.32 Å². The normalized spacial score (nSPS) is 16.3. The number of nitrogens with one attached hydrogen (secondary N) is 1. The molecule has 0 atom stereocenters. The Morgan fingerprint density at radius 1 is 1.05 bits per heavy atom. The summed E-state index contributed by atoms with van der Waals surface area (Å²) < 4.78 is 0. The van der Waals surface area contributed by atoms with E-state index >= 15 is 0 Å². The minimum absolute atomic E-state index is 0.00647. The summed E-state index contributed by atoms with van der Waals surface area (Å²) in [7, 11) is 0. The molecule has 1 fully saturated rings. The third kappa shape index (κ3) is 6.05. The van der Waals surface area contributed by atoms with Gasteiger partial charge >= 0.3 is 0 Å². The Morgan fingerprint density at radius 2 is 1.68 bits per heavy atom. The number of hydrogen-bond acceptors (Lipinski definition) is 3. The number of likely N-dealkylation sites (N-methyl/N-ethyl adjacent to an activating group) is 2. The van der Waals surface area contributed by atoms with Crippen molar-refractivity contribution < 1.29 is 9.59 Å². The van der Waals surface area contributed by atoms with Crippen LogP contribution in [-0.4, -0.2) is 60.9 Å². The van der Waals surface area contributed by atoms with Gasteiger partial charge in [-0.15, -0.1) is 0 Å². The van der Waals surface area contributed by atoms with Crippen LogP contribution in [0.5, 0.6) is 0 Å². The first-order chi connectivity index (χ1) is 9.17. The zero-order valence-corrected chi connectivity index (χ0v) is 12.3. The molecule has 1 N–H and O–H groups in total. The van der Waals surface area contributed by atoms with E-state index in [1.165, 1.54) is 12.8 Å². The molecule has 0 bridgehead atoms. The molecule has 1 rings (SSSR count). The predicted molar refractivity (Wildman–Crippen MR) is 75.8 cm³/mol. The third-order valence-electron chi connectivity index (χ3n) is 3.51. The molecule has 0 aromatic rings. The van der Waals surface area contributed by atoms with Gasteiger partial charge in [0.1, 0.15) is 0 Å². The van der Waals surface area contributed by atoms with E-state index in [0.29, 0.717) is 19.6 Å². The summed E-state index contributed by atoms with van der Waals surface area (Å²) >= 11 is 0. The molecule has 19 heavy (non-hydrogen) atoms. The van der Waals surface area contributed by atoms with E-state index in [-0.39, 0.29) is 11.8 Å². The highest BCUT2D eigenvalue weighted by Gasteiger charge is 2.19. The van der Waals surface area contributed by atoms with Crippen LogP contribution in [0.3, 0.4) is 0 Å². The first kappa shape index (κ1) is 16.0. The van der Waals surface area contributed by atoms with Crippen LogP contribution >= 0.6 is 0 Å². The Hall–Kier alpha value is -1.10. The van der Waals surface area contributed by atoms with Crippen LogP contribution in [0.25, 0.3) is 0 Å². The van der Waals surface area contributed by atoms with Gasteiger partial charge in [-0.05, 0) is 26.3 Å². The smallest absolute Gasteiger partial charge is 0.236 e. The highest BCUT2D eigenvalue weighted by atomic mass is 16.2. The van der Waals surface area contributed by atoms with Crippen molar-refractivity contribution in [1.82, 2.24) is 15.1 Å². The number of likely N-dealkylation sites (tertiary alicyclic amines) is 1. The van der Waals surface area contributed by atoms with Gasteiger partial charge in [0.05, 0.1) is 13.1 Å². The lowest BCUT2D eigenvalue weighted by molar-refractivity contribution is -0.133. The lowest BCUT2D eigenvalue weighted by Gasteiger charge is -2.25. The second-order valence-corrected chi connectivity index (χ2v) is 5.05. The number of rotatable bonds is 6. The molecule has 0 aromatic carbocycles.